The molecule has 86 valence electrons. The summed E-state index contributed by atoms with van der Waals surface area (Å²) in [7, 11) is 0. The Hall–Kier alpha value is -1.31. The average molecular weight is 216 g/mol. The standard InChI is InChI=1S/C14H20N2/c1-10(2)9-14-15-12-7-5-6-8-13(12)16(14)11(3)4/h5-8,10-11H,9H2,1-4H3. The maximum Gasteiger partial charge on any atom is 0.110 e. The van der Waals surface area contributed by atoms with Gasteiger partial charge in [0.15, 0.2) is 0 Å². The SMILES string of the molecule is CC(C)Cc1nc2ccccc2n1C(C)C. The molecule has 0 saturated heterocycles. The predicted molar refractivity (Wildman–Crippen MR) is 68.7 cm³/mol. The fourth-order valence-corrected chi connectivity index (χ4v) is 2.18. The third kappa shape index (κ3) is 1.97. The van der Waals surface area contributed by atoms with Crippen LogP contribution in [0.15, 0.2) is 24.3 Å². The van der Waals surface area contributed by atoms with Crippen LogP contribution < -0.4 is 0 Å². The molecule has 2 heteroatoms. The van der Waals surface area contributed by atoms with E-state index in [-0.39, 0.29) is 0 Å². The molecule has 0 fully saturated rings. The normalized spacial score (nSPS) is 11.9. The van der Waals surface area contributed by atoms with E-state index in [4.69, 9.17) is 4.98 Å². The Morgan fingerprint density at radius 3 is 2.44 bits per heavy atom. The van der Waals surface area contributed by atoms with Crippen LogP contribution in [0.25, 0.3) is 11.0 Å². The van der Waals surface area contributed by atoms with Crippen LogP contribution in [0, 0.1) is 5.92 Å². The molecule has 2 aromatic rings. The van der Waals surface area contributed by atoms with Crippen LogP contribution in [-0.2, 0) is 6.42 Å². The summed E-state index contributed by atoms with van der Waals surface area (Å²) >= 11 is 0. The molecule has 0 radical (unpaired) electrons. The first kappa shape index (κ1) is 11.2. The maximum absolute atomic E-state index is 4.74. The Bertz CT molecular complexity index is 480. The molecule has 1 heterocycles. The van der Waals surface area contributed by atoms with Crippen molar-refractivity contribution in [3.8, 4) is 0 Å². The summed E-state index contributed by atoms with van der Waals surface area (Å²) in [5.74, 6) is 1.86. The summed E-state index contributed by atoms with van der Waals surface area (Å²) in [5.41, 5.74) is 2.38. The van der Waals surface area contributed by atoms with Crippen LogP contribution in [0.4, 0.5) is 0 Å². The van der Waals surface area contributed by atoms with Crippen molar-refractivity contribution in [2.24, 2.45) is 5.92 Å². The minimum Gasteiger partial charge on any atom is -0.325 e. The van der Waals surface area contributed by atoms with Gasteiger partial charge in [-0.2, -0.15) is 0 Å². The van der Waals surface area contributed by atoms with Crippen molar-refractivity contribution < 1.29 is 0 Å². The van der Waals surface area contributed by atoms with Gasteiger partial charge in [-0.05, 0) is 31.9 Å². The zero-order valence-corrected chi connectivity index (χ0v) is 10.6. The number of benzene rings is 1. The molecule has 2 rings (SSSR count). The Kier molecular flexibility index (Phi) is 2.99. The number of nitrogens with zero attached hydrogens (tertiary/aromatic N) is 2. The van der Waals surface area contributed by atoms with E-state index in [0.717, 1.165) is 11.9 Å². The molecule has 0 aliphatic carbocycles. The summed E-state index contributed by atoms with van der Waals surface area (Å²) in [4.78, 5) is 4.74. The number of fused-ring (bicyclic) bond motifs is 1. The Morgan fingerprint density at radius 2 is 1.81 bits per heavy atom. The fraction of sp³-hybridized carbons (Fsp3) is 0.500. The lowest BCUT2D eigenvalue weighted by Gasteiger charge is -2.14. The molecule has 0 atom stereocenters. The van der Waals surface area contributed by atoms with Gasteiger partial charge in [0.25, 0.3) is 0 Å². The van der Waals surface area contributed by atoms with Gasteiger partial charge in [-0.25, -0.2) is 4.98 Å². The molecule has 0 unspecified atom stereocenters. The topological polar surface area (TPSA) is 17.8 Å². The van der Waals surface area contributed by atoms with Crippen LogP contribution in [0.5, 0.6) is 0 Å². The van der Waals surface area contributed by atoms with Crippen molar-refractivity contribution in [2.45, 2.75) is 40.2 Å². The third-order valence-corrected chi connectivity index (χ3v) is 2.78. The zero-order chi connectivity index (χ0) is 11.7. The lowest BCUT2D eigenvalue weighted by atomic mass is 10.1. The second kappa shape index (κ2) is 4.28. The quantitative estimate of drug-likeness (QED) is 0.762. The Labute approximate surface area is 97.3 Å². The minimum atomic E-state index is 0.473. The van der Waals surface area contributed by atoms with Crippen LogP contribution in [0.2, 0.25) is 0 Å². The molecular weight excluding hydrogens is 196 g/mol. The third-order valence-electron chi connectivity index (χ3n) is 2.78. The number of aromatic nitrogens is 2. The van der Waals surface area contributed by atoms with Gasteiger partial charge in [0.05, 0.1) is 11.0 Å². The Balaban J connectivity index is 2.58. The highest BCUT2D eigenvalue weighted by atomic mass is 15.1. The van der Waals surface area contributed by atoms with Crippen LogP contribution in [-0.4, -0.2) is 9.55 Å². The van der Waals surface area contributed by atoms with E-state index < -0.39 is 0 Å². The fourth-order valence-electron chi connectivity index (χ4n) is 2.18. The first-order chi connectivity index (χ1) is 7.59. The molecular formula is C14H20N2. The molecule has 0 aliphatic heterocycles. The van der Waals surface area contributed by atoms with Crippen LogP contribution in [0.1, 0.15) is 39.6 Å². The molecule has 16 heavy (non-hydrogen) atoms. The zero-order valence-electron chi connectivity index (χ0n) is 10.6. The van der Waals surface area contributed by atoms with Gasteiger partial charge in [0, 0.05) is 12.5 Å². The van der Waals surface area contributed by atoms with Gasteiger partial charge in [-0.1, -0.05) is 26.0 Å². The first-order valence-corrected chi connectivity index (χ1v) is 6.05. The predicted octanol–water partition coefficient (Wildman–Crippen LogP) is 3.82. The van der Waals surface area contributed by atoms with Crippen molar-refractivity contribution in [1.29, 1.82) is 0 Å². The van der Waals surface area contributed by atoms with E-state index in [1.807, 2.05) is 0 Å². The lowest BCUT2D eigenvalue weighted by molar-refractivity contribution is 0.540. The molecule has 0 aliphatic rings. The highest BCUT2D eigenvalue weighted by Crippen LogP contribution is 2.22. The summed E-state index contributed by atoms with van der Waals surface area (Å²) < 4.78 is 2.36. The van der Waals surface area contributed by atoms with Gasteiger partial charge in [-0.15, -0.1) is 0 Å². The second-order valence-electron chi connectivity index (χ2n) is 5.08. The first-order valence-electron chi connectivity index (χ1n) is 6.05. The van der Waals surface area contributed by atoms with Crippen molar-refractivity contribution in [3.63, 3.8) is 0 Å². The van der Waals surface area contributed by atoms with Crippen LogP contribution >= 0.6 is 0 Å². The van der Waals surface area contributed by atoms with E-state index in [1.54, 1.807) is 0 Å². The van der Waals surface area contributed by atoms with Gasteiger partial charge < -0.3 is 4.57 Å². The molecule has 0 N–H and O–H groups in total. The van der Waals surface area contributed by atoms with Crippen molar-refractivity contribution in [1.82, 2.24) is 9.55 Å². The smallest absolute Gasteiger partial charge is 0.110 e. The molecule has 0 saturated carbocycles. The number of imidazole rings is 1. The van der Waals surface area contributed by atoms with Crippen molar-refractivity contribution in [3.05, 3.63) is 30.1 Å². The number of hydrogen-bond donors (Lipinski definition) is 0. The summed E-state index contributed by atoms with van der Waals surface area (Å²) in [6.07, 6.45) is 1.05. The Morgan fingerprint density at radius 1 is 1.12 bits per heavy atom. The molecule has 1 aromatic heterocycles. The van der Waals surface area contributed by atoms with Crippen LogP contribution in [0.3, 0.4) is 0 Å². The van der Waals surface area contributed by atoms with Crippen molar-refractivity contribution in [2.75, 3.05) is 0 Å². The van der Waals surface area contributed by atoms with E-state index in [1.165, 1.54) is 11.3 Å². The van der Waals surface area contributed by atoms with E-state index in [9.17, 15) is 0 Å². The number of hydrogen-bond acceptors (Lipinski definition) is 1. The minimum absolute atomic E-state index is 0.473. The molecule has 0 bridgehead atoms. The highest BCUT2D eigenvalue weighted by Gasteiger charge is 2.13. The summed E-state index contributed by atoms with van der Waals surface area (Å²) in [6.45, 7) is 8.92. The largest absolute Gasteiger partial charge is 0.325 e. The molecule has 0 amide bonds. The second-order valence-corrected chi connectivity index (χ2v) is 5.08. The molecule has 2 nitrogen and oxygen atoms in total. The average Bonchev–Trinajstić information content (AvgIpc) is 2.53. The van der Waals surface area contributed by atoms with E-state index >= 15 is 0 Å². The van der Waals surface area contributed by atoms with Gasteiger partial charge in [0.2, 0.25) is 0 Å². The van der Waals surface area contributed by atoms with Gasteiger partial charge in [-0.3, -0.25) is 0 Å². The van der Waals surface area contributed by atoms with Gasteiger partial charge >= 0.3 is 0 Å². The summed E-state index contributed by atoms with van der Waals surface area (Å²) in [5, 5.41) is 0. The monoisotopic (exact) mass is 216 g/mol. The number of rotatable bonds is 3. The van der Waals surface area contributed by atoms with E-state index in [2.05, 4.69) is 56.5 Å². The summed E-state index contributed by atoms with van der Waals surface area (Å²) in [6, 6.07) is 8.87. The van der Waals surface area contributed by atoms with Crippen molar-refractivity contribution >= 4 is 11.0 Å². The van der Waals surface area contributed by atoms with E-state index in [0.29, 0.717) is 12.0 Å². The lowest BCUT2D eigenvalue weighted by Crippen LogP contribution is -2.08. The highest BCUT2D eigenvalue weighted by molar-refractivity contribution is 5.76. The molecule has 0 spiro atoms. The number of para-hydroxylation sites is 2. The molecule has 1 aromatic carbocycles. The maximum atomic E-state index is 4.74. The van der Waals surface area contributed by atoms with Gasteiger partial charge in [0.1, 0.15) is 5.82 Å².